The number of carbonyl (C=O) groups is 3. The van der Waals surface area contributed by atoms with E-state index in [1.54, 1.807) is 38.1 Å². The number of esters is 1. The molecular formula is C15H18O5. The zero-order valence-electron chi connectivity index (χ0n) is 11.7. The second kappa shape index (κ2) is 8.09. The standard InChI is InChI=1S/C15H18O5/c1-3-14(17)11-5-7-13(8-6-11)20-10-12(16)9-15(18)19-4-2/h5-8H,3-4,9-10H2,1-2H3. The maximum Gasteiger partial charge on any atom is 0.313 e. The average Bonchev–Trinajstić information content (AvgIpc) is 2.45. The third-order valence-corrected chi connectivity index (χ3v) is 2.54. The second-order valence-electron chi connectivity index (χ2n) is 4.11. The van der Waals surface area contributed by atoms with Gasteiger partial charge in [0.05, 0.1) is 6.61 Å². The number of ketones is 2. The van der Waals surface area contributed by atoms with Gasteiger partial charge in [0.2, 0.25) is 0 Å². The maximum atomic E-state index is 11.4. The van der Waals surface area contributed by atoms with Gasteiger partial charge in [0.15, 0.2) is 11.6 Å². The molecule has 0 aliphatic heterocycles. The van der Waals surface area contributed by atoms with Crippen molar-refractivity contribution in [3.63, 3.8) is 0 Å². The molecule has 1 aromatic carbocycles. The molecule has 0 atom stereocenters. The van der Waals surface area contributed by atoms with Crippen molar-refractivity contribution in [1.29, 1.82) is 0 Å². The molecule has 0 aliphatic carbocycles. The number of hydrogen-bond donors (Lipinski definition) is 0. The van der Waals surface area contributed by atoms with Gasteiger partial charge in [-0.1, -0.05) is 6.92 Å². The van der Waals surface area contributed by atoms with Crippen molar-refractivity contribution in [1.82, 2.24) is 0 Å². The molecule has 0 radical (unpaired) electrons. The Bertz CT molecular complexity index is 476. The SMILES string of the molecule is CCOC(=O)CC(=O)COc1ccc(C(=O)CC)cc1. The summed E-state index contributed by atoms with van der Waals surface area (Å²) in [6, 6.07) is 6.55. The van der Waals surface area contributed by atoms with Gasteiger partial charge in [-0.2, -0.15) is 0 Å². The van der Waals surface area contributed by atoms with Crippen molar-refractivity contribution in [2.24, 2.45) is 0 Å². The topological polar surface area (TPSA) is 69.7 Å². The molecule has 0 saturated carbocycles. The largest absolute Gasteiger partial charge is 0.486 e. The molecule has 0 spiro atoms. The van der Waals surface area contributed by atoms with Gasteiger partial charge < -0.3 is 9.47 Å². The van der Waals surface area contributed by atoms with Crippen LogP contribution in [0.15, 0.2) is 24.3 Å². The lowest BCUT2D eigenvalue weighted by Crippen LogP contribution is -2.17. The highest BCUT2D eigenvalue weighted by molar-refractivity contribution is 5.96. The van der Waals surface area contributed by atoms with Crippen molar-refractivity contribution in [3.05, 3.63) is 29.8 Å². The summed E-state index contributed by atoms with van der Waals surface area (Å²) >= 11 is 0. The molecule has 1 aromatic rings. The van der Waals surface area contributed by atoms with Crippen molar-refractivity contribution in [3.8, 4) is 5.75 Å². The summed E-state index contributed by atoms with van der Waals surface area (Å²) in [6.07, 6.45) is 0.151. The first kappa shape index (κ1) is 15.9. The van der Waals surface area contributed by atoms with Crippen molar-refractivity contribution < 1.29 is 23.9 Å². The van der Waals surface area contributed by atoms with Crippen LogP contribution in [0.1, 0.15) is 37.0 Å². The van der Waals surface area contributed by atoms with Crippen molar-refractivity contribution >= 4 is 17.5 Å². The minimum absolute atomic E-state index is 0.0509. The predicted octanol–water partition coefficient (Wildman–Crippen LogP) is 2.18. The van der Waals surface area contributed by atoms with E-state index in [1.165, 1.54) is 0 Å². The van der Waals surface area contributed by atoms with E-state index >= 15 is 0 Å². The van der Waals surface area contributed by atoms with Gasteiger partial charge in [-0.3, -0.25) is 14.4 Å². The summed E-state index contributed by atoms with van der Waals surface area (Å²) in [4.78, 5) is 34.0. The summed E-state index contributed by atoms with van der Waals surface area (Å²) in [5.74, 6) is -0.369. The normalized spacial score (nSPS) is 9.90. The smallest absolute Gasteiger partial charge is 0.313 e. The number of ether oxygens (including phenoxy) is 2. The molecular weight excluding hydrogens is 260 g/mol. The monoisotopic (exact) mass is 278 g/mol. The number of hydrogen-bond acceptors (Lipinski definition) is 5. The fraction of sp³-hybridized carbons (Fsp3) is 0.400. The Balaban J connectivity index is 2.44. The van der Waals surface area contributed by atoms with Crippen LogP contribution in [-0.4, -0.2) is 30.7 Å². The molecule has 0 aliphatic rings. The van der Waals surface area contributed by atoms with Gasteiger partial charge in [0, 0.05) is 12.0 Å². The molecule has 0 unspecified atom stereocenters. The summed E-state index contributed by atoms with van der Waals surface area (Å²) in [6.45, 7) is 3.53. The molecule has 5 heteroatoms. The van der Waals surface area contributed by atoms with E-state index in [9.17, 15) is 14.4 Å². The Morgan fingerprint density at radius 2 is 1.70 bits per heavy atom. The molecule has 1 rings (SSSR count). The Morgan fingerprint density at radius 3 is 2.25 bits per heavy atom. The maximum absolute atomic E-state index is 11.4. The van der Waals surface area contributed by atoms with Crippen LogP contribution >= 0.6 is 0 Å². The van der Waals surface area contributed by atoms with E-state index in [-0.39, 0.29) is 31.2 Å². The van der Waals surface area contributed by atoms with Gasteiger partial charge in [-0.15, -0.1) is 0 Å². The first-order valence-electron chi connectivity index (χ1n) is 6.50. The highest BCUT2D eigenvalue weighted by Gasteiger charge is 2.11. The highest BCUT2D eigenvalue weighted by Crippen LogP contribution is 2.13. The molecule has 0 amide bonds. The Hall–Kier alpha value is -2.17. The third kappa shape index (κ3) is 5.22. The van der Waals surface area contributed by atoms with Gasteiger partial charge in [-0.25, -0.2) is 0 Å². The molecule has 0 N–H and O–H groups in total. The molecule has 0 bridgehead atoms. The first-order chi connectivity index (χ1) is 9.56. The average molecular weight is 278 g/mol. The fourth-order valence-corrected chi connectivity index (χ4v) is 1.53. The molecule has 108 valence electrons. The minimum atomic E-state index is -0.551. The van der Waals surface area contributed by atoms with E-state index in [0.29, 0.717) is 17.7 Å². The first-order valence-corrected chi connectivity index (χ1v) is 6.50. The van der Waals surface area contributed by atoms with Gasteiger partial charge >= 0.3 is 5.97 Å². The fourth-order valence-electron chi connectivity index (χ4n) is 1.53. The van der Waals surface area contributed by atoms with E-state index in [2.05, 4.69) is 4.74 Å². The van der Waals surface area contributed by atoms with E-state index in [1.807, 2.05) is 0 Å². The van der Waals surface area contributed by atoms with Gasteiger partial charge in [0.1, 0.15) is 18.8 Å². The second-order valence-corrected chi connectivity index (χ2v) is 4.11. The van der Waals surface area contributed by atoms with Crippen LogP contribution in [-0.2, 0) is 14.3 Å². The van der Waals surface area contributed by atoms with E-state index < -0.39 is 5.97 Å². The zero-order valence-corrected chi connectivity index (χ0v) is 11.7. The predicted molar refractivity (Wildman–Crippen MR) is 72.8 cm³/mol. The van der Waals surface area contributed by atoms with Crippen LogP contribution in [0.25, 0.3) is 0 Å². The molecule has 5 nitrogen and oxygen atoms in total. The quantitative estimate of drug-likeness (QED) is 0.414. The molecule has 20 heavy (non-hydrogen) atoms. The number of Topliss-reactive ketones (excluding diaryl/α,β-unsaturated/α-hetero) is 2. The van der Waals surface area contributed by atoms with Crippen LogP contribution in [0.5, 0.6) is 5.75 Å². The van der Waals surface area contributed by atoms with E-state index in [4.69, 9.17) is 4.74 Å². The summed E-state index contributed by atoms with van der Waals surface area (Å²) < 4.78 is 9.91. The molecule has 0 aromatic heterocycles. The molecule has 0 fully saturated rings. The van der Waals surface area contributed by atoms with Gasteiger partial charge in [0.25, 0.3) is 0 Å². The van der Waals surface area contributed by atoms with Crippen molar-refractivity contribution in [2.75, 3.05) is 13.2 Å². The summed E-state index contributed by atoms with van der Waals surface area (Å²) in [5, 5.41) is 0. The van der Waals surface area contributed by atoms with Crippen LogP contribution in [0.3, 0.4) is 0 Å². The van der Waals surface area contributed by atoms with Gasteiger partial charge in [-0.05, 0) is 31.2 Å². The Labute approximate surface area is 117 Å². The highest BCUT2D eigenvalue weighted by atomic mass is 16.5. The molecule has 0 heterocycles. The van der Waals surface area contributed by atoms with Crippen LogP contribution in [0.4, 0.5) is 0 Å². The minimum Gasteiger partial charge on any atom is -0.486 e. The van der Waals surface area contributed by atoms with Crippen LogP contribution in [0, 0.1) is 0 Å². The summed E-state index contributed by atoms with van der Waals surface area (Å²) in [7, 11) is 0. The lowest BCUT2D eigenvalue weighted by Gasteiger charge is -2.06. The molecule has 0 saturated heterocycles. The zero-order chi connectivity index (χ0) is 15.0. The lowest BCUT2D eigenvalue weighted by atomic mass is 10.1. The summed E-state index contributed by atoms with van der Waals surface area (Å²) in [5.41, 5.74) is 0.609. The lowest BCUT2D eigenvalue weighted by molar-refractivity contribution is -0.145. The Kier molecular flexibility index (Phi) is 6.43. The number of carbonyl (C=O) groups excluding carboxylic acids is 3. The number of rotatable bonds is 8. The van der Waals surface area contributed by atoms with E-state index in [0.717, 1.165) is 0 Å². The third-order valence-electron chi connectivity index (χ3n) is 2.54. The number of benzene rings is 1. The van der Waals surface area contributed by atoms with Crippen LogP contribution < -0.4 is 4.74 Å². The van der Waals surface area contributed by atoms with Crippen LogP contribution in [0.2, 0.25) is 0 Å². The van der Waals surface area contributed by atoms with Crippen molar-refractivity contribution in [2.45, 2.75) is 26.7 Å². The Morgan fingerprint density at radius 1 is 1.05 bits per heavy atom.